The van der Waals surface area contributed by atoms with Gasteiger partial charge in [-0.15, -0.1) is 0 Å². The van der Waals surface area contributed by atoms with Gasteiger partial charge in [0.2, 0.25) is 5.78 Å². The molecule has 0 unspecified atom stereocenters. The first kappa shape index (κ1) is 14.1. The van der Waals surface area contributed by atoms with Crippen molar-refractivity contribution in [3.05, 3.63) is 41.9 Å². The van der Waals surface area contributed by atoms with Gasteiger partial charge >= 0.3 is 0 Å². The van der Waals surface area contributed by atoms with E-state index in [-0.39, 0.29) is 11.8 Å². The van der Waals surface area contributed by atoms with Crippen molar-refractivity contribution in [3.8, 4) is 0 Å². The summed E-state index contributed by atoms with van der Waals surface area (Å²) in [5.74, 6) is -2.61. The Morgan fingerprint density at radius 2 is 1.72 bits per heavy atom. The standard InChI is InChI=1S/C11H8F5NO/c12-6-3-1-2-4-7(6)17-8(10(13)14)5-9(18)11(15)16/h1-5,10-11,17H/b8-5-. The number of nitrogens with one attached hydrogen (secondary N) is 1. The third-order valence-electron chi connectivity index (χ3n) is 1.90. The molecule has 0 bridgehead atoms. The van der Waals surface area contributed by atoms with Gasteiger partial charge in [-0.05, 0) is 12.1 Å². The highest BCUT2D eigenvalue weighted by Crippen LogP contribution is 2.18. The van der Waals surface area contributed by atoms with E-state index in [1.165, 1.54) is 12.1 Å². The first-order chi connectivity index (χ1) is 8.41. The number of para-hydroxylation sites is 1. The zero-order chi connectivity index (χ0) is 13.7. The smallest absolute Gasteiger partial charge is 0.299 e. The SMILES string of the molecule is O=C(/C=C(\Nc1ccccc1F)C(F)F)C(F)F. The number of hydrogen-bond acceptors (Lipinski definition) is 2. The van der Waals surface area contributed by atoms with Crippen molar-refractivity contribution in [2.45, 2.75) is 12.9 Å². The minimum Gasteiger partial charge on any atom is -0.352 e. The Labute approximate surface area is 99.1 Å². The molecule has 18 heavy (non-hydrogen) atoms. The van der Waals surface area contributed by atoms with Gasteiger partial charge in [0.15, 0.2) is 0 Å². The maximum Gasteiger partial charge on any atom is 0.299 e. The second-order valence-electron chi connectivity index (χ2n) is 3.21. The van der Waals surface area contributed by atoms with E-state index < -0.39 is 30.1 Å². The molecule has 98 valence electrons. The Morgan fingerprint density at radius 3 is 2.22 bits per heavy atom. The number of carbonyl (C=O) groups excluding carboxylic acids is 1. The zero-order valence-electron chi connectivity index (χ0n) is 8.84. The van der Waals surface area contributed by atoms with Crippen LogP contribution in [-0.4, -0.2) is 18.6 Å². The Hall–Kier alpha value is -1.92. The van der Waals surface area contributed by atoms with Crippen LogP contribution in [-0.2, 0) is 4.79 Å². The molecule has 0 saturated heterocycles. The molecule has 7 heteroatoms. The van der Waals surface area contributed by atoms with Gasteiger partial charge in [-0.3, -0.25) is 4.79 Å². The summed E-state index contributed by atoms with van der Waals surface area (Å²) in [5, 5.41) is 1.91. The molecule has 0 atom stereocenters. The average Bonchev–Trinajstić information content (AvgIpc) is 2.30. The zero-order valence-corrected chi connectivity index (χ0v) is 8.84. The van der Waals surface area contributed by atoms with Crippen LogP contribution in [0.3, 0.4) is 0 Å². The predicted octanol–water partition coefficient (Wildman–Crippen LogP) is 3.22. The van der Waals surface area contributed by atoms with Crippen LogP contribution in [0.2, 0.25) is 0 Å². The summed E-state index contributed by atoms with van der Waals surface area (Å²) >= 11 is 0. The van der Waals surface area contributed by atoms with E-state index in [2.05, 4.69) is 0 Å². The number of halogens is 5. The van der Waals surface area contributed by atoms with Crippen molar-refractivity contribution in [1.82, 2.24) is 0 Å². The summed E-state index contributed by atoms with van der Waals surface area (Å²) in [7, 11) is 0. The Morgan fingerprint density at radius 1 is 1.11 bits per heavy atom. The van der Waals surface area contributed by atoms with Gasteiger partial charge < -0.3 is 5.32 Å². The molecule has 0 aromatic heterocycles. The topological polar surface area (TPSA) is 29.1 Å². The van der Waals surface area contributed by atoms with E-state index in [4.69, 9.17) is 0 Å². The molecule has 2 nitrogen and oxygen atoms in total. The first-order valence-electron chi connectivity index (χ1n) is 4.75. The van der Waals surface area contributed by atoms with Crippen molar-refractivity contribution in [2.75, 3.05) is 5.32 Å². The van der Waals surface area contributed by atoms with Crippen LogP contribution in [0.4, 0.5) is 27.6 Å². The highest BCUT2D eigenvalue weighted by Gasteiger charge is 2.19. The fourth-order valence-corrected chi connectivity index (χ4v) is 1.09. The third-order valence-corrected chi connectivity index (χ3v) is 1.90. The number of alkyl halides is 4. The lowest BCUT2D eigenvalue weighted by Crippen LogP contribution is -2.15. The highest BCUT2D eigenvalue weighted by atomic mass is 19.3. The molecule has 1 aromatic rings. The minimum absolute atomic E-state index is 0.0712. The van der Waals surface area contributed by atoms with Crippen molar-refractivity contribution in [1.29, 1.82) is 0 Å². The minimum atomic E-state index is -3.39. The van der Waals surface area contributed by atoms with Crippen LogP contribution >= 0.6 is 0 Å². The lowest BCUT2D eigenvalue weighted by atomic mass is 10.2. The van der Waals surface area contributed by atoms with E-state index in [0.717, 1.165) is 12.1 Å². The number of carbonyl (C=O) groups is 1. The Balaban J connectivity index is 2.95. The molecule has 0 aliphatic carbocycles. The molecular weight excluding hydrogens is 257 g/mol. The number of allylic oxidation sites excluding steroid dienone is 2. The van der Waals surface area contributed by atoms with Gasteiger partial charge in [0.05, 0.1) is 11.4 Å². The van der Waals surface area contributed by atoms with E-state index in [1.54, 1.807) is 0 Å². The molecule has 0 saturated carbocycles. The second-order valence-corrected chi connectivity index (χ2v) is 3.21. The molecular formula is C11H8F5NO. The van der Waals surface area contributed by atoms with E-state index in [1.807, 2.05) is 5.32 Å². The summed E-state index contributed by atoms with van der Waals surface area (Å²) in [4.78, 5) is 10.6. The molecule has 1 rings (SSSR count). The van der Waals surface area contributed by atoms with Crippen LogP contribution in [0.15, 0.2) is 36.0 Å². The molecule has 0 radical (unpaired) electrons. The van der Waals surface area contributed by atoms with Crippen LogP contribution in [0.5, 0.6) is 0 Å². The first-order valence-corrected chi connectivity index (χ1v) is 4.75. The van der Waals surface area contributed by atoms with Crippen molar-refractivity contribution < 1.29 is 26.7 Å². The maximum absolute atomic E-state index is 13.1. The molecule has 0 spiro atoms. The van der Waals surface area contributed by atoms with Crippen LogP contribution in [0.25, 0.3) is 0 Å². The average molecular weight is 265 g/mol. The van der Waals surface area contributed by atoms with Crippen molar-refractivity contribution >= 4 is 11.5 Å². The molecule has 0 fully saturated rings. The molecule has 0 amide bonds. The molecule has 0 aliphatic heterocycles. The van der Waals surface area contributed by atoms with E-state index in [9.17, 15) is 26.7 Å². The monoisotopic (exact) mass is 265 g/mol. The van der Waals surface area contributed by atoms with Gasteiger partial charge in [-0.2, -0.15) is 0 Å². The molecule has 1 aromatic carbocycles. The predicted molar refractivity (Wildman–Crippen MR) is 55.1 cm³/mol. The van der Waals surface area contributed by atoms with Crippen LogP contribution in [0.1, 0.15) is 0 Å². The lowest BCUT2D eigenvalue weighted by Gasteiger charge is -2.10. The maximum atomic E-state index is 13.1. The van der Waals surface area contributed by atoms with Gasteiger partial charge in [-0.1, -0.05) is 12.1 Å². The van der Waals surface area contributed by atoms with Crippen molar-refractivity contribution in [2.24, 2.45) is 0 Å². The van der Waals surface area contributed by atoms with Gasteiger partial charge in [0, 0.05) is 6.08 Å². The lowest BCUT2D eigenvalue weighted by molar-refractivity contribution is -0.124. The normalized spacial score (nSPS) is 12.1. The third kappa shape index (κ3) is 3.83. The molecule has 0 heterocycles. The van der Waals surface area contributed by atoms with Crippen LogP contribution < -0.4 is 5.32 Å². The molecule has 1 N–H and O–H groups in total. The van der Waals surface area contributed by atoms with Crippen LogP contribution in [0, 0.1) is 5.82 Å². The van der Waals surface area contributed by atoms with Gasteiger partial charge in [0.1, 0.15) is 5.82 Å². The van der Waals surface area contributed by atoms with Gasteiger partial charge in [-0.25, -0.2) is 22.0 Å². The largest absolute Gasteiger partial charge is 0.352 e. The van der Waals surface area contributed by atoms with Crippen molar-refractivity contribution in [3.63, 3.8) is 0 Å². The molecule has 0 aliphatic rings. The van der Waals surface area contributed by atoms with Gasteiger partial charge in [0.25, 0.3) is 12.9 Å². The summed E-state index contributed by atoms with van der Waals surface area (Å²) in [6.45, 7) is 0. The summed E-state index contributed by atoms with van der Waals surface area (Å²) in [5.41, 5.74) is -1.41. The number of hydrogen-bond donors (Lipinski definition) is 1. The Kier molecular flexibility index (Phi) is 4.82. The number of ketones is 1. The van der Waals surface area contributed by atoms with E-state index in [0.29, 0.717) is 0 Å². The number of rotatable bonds is 5. The fourth-order valence-electron chi connectivity index (χ4n) is 1.09. The Bertz CT molecular complexity index is 459. The fraction of sp³-hybridized carbons (Fsp3) is 0.182. The number of benzene rings is 1. The van der Waals surface area contributed by atoms with E-state index >= 15 is 0 Å². The number of anilines is 1. The summed E-state index contributed by atoms with van der Waals surface area (Å²) in [6, 6.07) is 4.83. The highest BCUT2D eigenvalue weighted by molar-refractivity contribution is 5.93. The summed E-state index contributed by atoms with van der Waals surface area (Å²) in [6.07, 6.45) is -6.52. The second kappa shape index (κ2) is 6.13. The summed E-state index contributed by atoms with van der Waals surface area (Å²) < 4.78 is 62.0. The quantitative estimate of drug-likeness (QED) is 0.654.